The van der Waals surface area contributed by atoms with Crippen molar-refractivity contribution < 1.29 is 4.74 Å². The van der Waals surface area contributed by atoms with Gasteiger partial charge in [-0.3, -0.25) is 0 Å². The van der Waals surface area contributed by atoms with E-state index in [9.17, 15) is 0 Å². The van der Waals surface area contributed by atoms with Gasteiger partial charge in [0.25, 0.3) is 0 Å². The van der Waals surface area contributed by atoms with Gasteiger partial charge in [0, 0.05) is 12.5 Å². The number of hydrogen-bond donors (Lipinski definition) is 1. The summed E-state index contributed by atoms with van der Waals surface area (Å²) in [6.45, 7) is 10.2. The van der Waals surface area contributed by atoms with Crippen LogP contribution in [0, 0.1) is 11.8 Å². The summed E-state index contributed by atoms with van der Waals surface area (Å²) >= 11 is 0. The molecule has 0 bridgehead atoms. The number of fused-ring (bicyclic) bond motifs is 1. The first kappa shape index (κ1) is 14.4. The Labute approximate surface area is 117 Å². The first-order valence-corrected chi connectivity index (χ1v) is 7.59. The van der Waals surface area contributed by atoms with E-state index in [-0.39, 0.29) is 0 Å². The highest BCUT2D eigenvalue weighted by Crippen LogP contribution is 2.33. The highest BCUT2D eigenvalue weighted by Gasteiger charge is 2.29. The van der Waals surface area contributed by atoms with E-state index in [4.69, 9.17) is 4.74 Å². The highest BCUT2D eigenvalue weighted by molar-refractivity contribution is 5.37. The molecule has 0 fully saturated rings. The summed E-state index contributed by atoms with van der Waals surface area (Å²) in [7, 11) is 0. The van der Waals surface area contributed by atoms with Gasteiger partial charge in [-0.25, -0.2) is 0 Å². The number of rotatable bonds is 6. The second-order valence-electron chi connectivity index (χ2n) is 6.04. The summed E-state index contributed by atoms with van der Waals surface area (Å²) in [5.41, 5.74) is 1.37. The van der Waals surface area contributed by atoms with Gasteiger partial charge in [0.15, 0.2) is 0 Å². The van der Waals surface area contributed by atoms with Crippen molar-refractivity contribution in [3.8, 4) is 5.75 Å². The van der Waals surface area contributed by atoms with Crippen LogP contribution in [0.5, 0.6) is 5.75 Å². The Kier molecular flexibility index (Phi) is 4.87. The molecule has 1 aliphatic rings. The van der Waals surface area contributed by atoms with E-state index in [0.29, 0.717) is 24.0 Å². The zero-order chi connectivity index (χ0) is 13.8. The molecule has 1 aromatic carbocycles. The second-order valence-corrected chi connectivity index (χ2v) is 6.04. The molecule has 0 aromatic heterocycles. The van der Waals surface area contributed by atoms with Crippen molar-refractivity contribution in [2.75, 3.05) is 6.54 Å². The molecule has 19 heavy (non-hydrogen) atoms. The fourth-order valence-electron chi connectivity index (χ4n) is 3.22. The Morgan fingerprint density at radius 2 is 2.00 bits per heavy atom. The average Bonchev–Trinajstić information content (AvgIpc) is 2.78. The highest BCUT2D eigenvalue weighted by atomic mass is 16.5. The van der Waals surface area contributed by atoms with Crippen molar-refractivity contribution in [2.24, 2.45) is 11.8 Å². The first-order valence-electron chi connectivity index (χ1n) is 7.59. The van der Waals surface area contributed by atoms with E-state index in [2.05, 4.69) is 57.3 Å². The summed E-state index contributed by atoms with van der Waals surface area (Å²) in [4.78, 5) is 0. The summed E-state index contributed by atoms with van der Waals surface area (Å²) in [5.74, 6) is 2.44. The van der Waals surface area contributed by atoms with E-state index < -0.39 is 0 Å². The van der Waals surface area contributed by atoms with Crippen LogP contribution < -0.4 is 10.1 Å². The molecule has 106 valence electrons. The van der Waals surface area contributed by atoms with Crippen LogP contribution in [0.25, 0.3) is 0 Å². The third-order valence-electron chi connectivity index (χ3n) is 4.27. The van der Waals surface area contributed by atoms with Gasteiger partial charge >= 0.3 is 0 Å². The smallest absolute Gasteiger partial charge is 0.123 e. The van der Waals surface area contributed by atoms with Crippen molar-refractivity contribution in [1.82, 2.24) is 5.32 Å². The molecule has 1 aromatic rings. The van der Waals surface area contributed by atoms with Crippen molar-refractivity contribution in [3.63, 3.8) is 0 Å². The molecule has 2 rings (SSSR count). The summed E-state index contributed by atoms with van der Waals surface area (Å²) in [6, 6.07) is 8.99. The fourth-order valence-corrected chi connectivity index (χ4v) is 3.22. The second kappa shape index (κ2) is 6.42. The standard InChI is InChI=1S/C17H27NO/c1-5-18-13(4)16(12(2)3)11-15-10-14-8-6-7-9-17(14)19-15/h6-9,12-13,15-16,18H,5,10-11H2,1-4H3. The Hall–Kier alpha value is -1.02. The molecule has 0 spiro atoms. The van der Waals surface area contributed by atoms with E-state index in [1.165, 1.54) is 5.56 Å². The summed E-state index contributed by atoms with van der Waals surface area (Å²) < 4.78 is 6.09. The third kappa shape index (κ3) is 3.50. The molecule has 0 saturated heterocycles. The molecule has 0 aliphatic carbocycles. The number of para-hydroxylation sites is 1. The Morgan fingerprint density at radius 3 is 2.63 bits per heavy atom. The zero-order valence-electron chi connectivity index (χ0n) is 12.6. The molecule has 1 aliphatic heterocycles. The van der Waals surface area contributed by atoms with Gasteiger partial charge in [-0.15, -0.1) is 0 Å². The van der Waals surface area contributed by atoms with E-state index in [1.54, 1.807) is 0 Å². The number of ether oxygens (including phenoxy) is 1. The van der Waals surface area contributed by atoms with Crippen molar-refractivity contribution in [3.05, 3.63) is 29.8 Å². The number of benzene rings is 1. The van der Waals surface area contributed by atoms with Crippen LogP contribution in [0.1, 0.15) is 39.7 Å². The topological polar surface area (TPSA) is 21.3 Å². The minimum atomic E-state index is 0.353. The van der Waals surface area contributed by atoms with E-state index >= 15 is 0 Å². The average molecular weight is 261 g/mol. The van der Waals surface area contributed by atoms with Gasteiger partial charge in [0.2, 0.25) is 0 Å². The van der Waals surface area contributed by atoms with Gasteiger partial charge in [-0.1, -0.05) is 39.0 Å². The SMILES string of the molecule is CCNC(C)C(CC1Cc2ccccc2O1)C(C)C. The summed E-state index contributed by atoms with van der Waals surface area (Å²) in [5, 5.41) is 3.57. The molecule has 3 unspecified atom stereocenters. The molecular weight excluding hydrogens is 234 g/mol. The lowest BCUT2D eigenvalue weighted by Gasteiger charge is -2.30. The number of hydrogen-bond acceptors (Lipinski definition) is 2. The van der Waals surface area contributed by atoms with Crippen LogP contribution in [-0.4, -0.2) is 18.7 Å². The van der Waals surface area contributed by atoms with Crippen LogP contribution in [0.4, 0.5) is 0 Å². The molecule has 3 atom stereocenters. The first-order chi connectivity index (χ1) is 9.11. The number of nitrogens with one attached hydrogen (secondary N) is 1. The molecule has 0 saturated carbocycles. The van der Waals surface area contributed by atoms with Crippen molar-refractivity contribution in [1.29, 1.82) is 0 Å². The minimum absolute atomic E-state index is 0.353. The normalized spacial score (nSPS) is 21.0. The molecule has 2 heteroatoms. The van der Waals surface area contributed by atoms with Gasteiger partial charge < -0.3 is 10.1 Å². The molecule has 1 N–H and O–H groups in total. The maximum atomic E-state index is 6.09. The molecule has 2 nitrogen and oxygen atoms in total. The lowest BCUT2D eigenvalue weighted by Crippen LogP contribution is -2.38. The molecular formula is C17H27NO. The Morgan fingerprint density at radius 1 is 1.26 bits per heavy atom. The lowest BCUT2D eigenvalue weighted by atomic mass is 9.84. The van der Waals surface area contributed by atoms with Crippen LogP contribution in [0.2, 0.25) is 0 Å². The van der Waals surface area contributed by atoms with Gasteiger partial charge in [0.05, 0.1) is 0 Å². The molecule has 0 radical (unpaired) electrons. The summed E-state index contributed by atoms with van der Waals surface area (Å²) in [6.07, 6.45) is 2.56. The van der Waals surface area contributed by atoms with Gasteiger partial charge in [-0.05, 0) is 43.4 Å². The van der Waals surface area contributed by atoms with Crippen LogP contribution in [-0.2, 0) is 6.42 Å². The van der Waals surface area contributed by atoms with Crippen molar-refractivity contribution >= 4 is 0 Å². The Balaban J connectivity index is 1.97. The molecule has 0 amide bonds. The Bertz CT molecular complexity index is 377. The van der Waals surface area contributed by atoms with Crippen LogP contribution >= 0.6 is 0 Å². The predicted octanol–water partition coefficient (Wildman–Crippen LogP) is 3.65. The maximum absolute atomic E-state index is 6.09. The van der Waals surface area contributed by atoms with E-state index in [1.807, 2.05) is 0 Å². The third-order valence-corrected chi connectivity index (χ3v) is 4.27. The largest absolute Gasteiger partial charge is 0.490 e. The van der Waals surface area contributed by atoms with Crippen molar-refractivity contribution in [2.45, 2.75) is 52.7 Å². The quantitative estimate of drug-likeness (QED) is 0.844. The lowest BCUT2D eigenvalue weighted by molar-refractivity contribution is 0.155. The zero-order valence-corrected chi connectivity index (χ0v) is 12.6. The van der Waals surface area contributed by atoms with Crippen LogP contribution in [0.15, 0.2) is 24.3 Å². The van der Waals surface area contributed by atoms with Gasteiger partial charge in [-0.2, -0.15) is 0 Å². The minimum Gasteiger partial charge on any atom is -0.490 e. The maximum Gasteiger partial charge on any atom is 0.123 e. The van der Waals surface area contributed by atoms with Gasteiger partial charge in [0.1, 0.15) is 11.9 Å². The van der Waals surface area contributed by atoms with Crippen LogP contribution in [0.3, 0.4) is 0 Å². The van der Waals surface area contributed by atoms with E-state index in [0.717, 1.165) is 25.1 Å². The monoisotopic (exact) mass is 261 g/mol. The predicted molar refractivity (Wildman–Crippen MR) is 80.6 cm³/mol. The molecule has 1 heterocycles. The fraction of sp³-hybridized carbons (Fsp3) is 0.647.